The number of nitrogens with zero attached hydrogens (tertiary/aromatic N) is 3. The summed E-state index contributed by atoms with van der Waals surface area (Å²) in [6.45, 7) is 1.59. The first-order valence-corrected chi connectivity index (χ1v) is 7.69. The molecule has 4 rings (SSSR count). The molecule has 1 aromatic heterocycles. The zero-order valence-electron chi connectivity index (χ0n) is 12.8. The number of rotatable bonds is 3. The highest BCUT2D eigenvalue weighted by Crippen LogP contribution is 2.40. The molecule has 1 aromatic carbocycles. The molecular formula is C16H17ClF3N3O. The molecule has 0 amide bonds. The van der Waals surface area contributed by atoms with Crippen molar-refractivity contribution in [1.82, 2.24) is 14.9 Å². The van der Waals surface area contributed by atoms with Crippen molar-refractivity contribution in [2.24, 2.45) is 0 Å². The summed E-state index contributed by atoms with van der Waals surface area (Å²) in [5, 5.41) is 0.278. The van der Waals surface area contributed by atoms with Crippen LogP contribution in [0.3, 0.4) is 0 Å². The molecule has 0 aliphatic carbocycles. The second-order valence-electron chi connectivity index (χ2n) is 6.34. The molecule has 0 spiro atoms. The summed E-state index contributed by atoms with van der Waals surface area (Å²) in [4.78, 5) is 10.1. The minimum absolute atomic E-state index is 0. The van der Waals surface area contributed by atoms with Crippen molar-refractivity contribution in [2.45, 2.75) is 31.0 Å². The van der Waals surface area contributed by atoms with Crippen molar-refractivity contribution in [2.75, 3.05) is 19.7 Å². The highest BCUT2D eigenvalue weighted by Gasteiger charge is 2.49. The van der Waals surface area contributed by atoms with Crippen molar-refractivity contribution in [3.8, 4) is 6.01 Å². The highest BCUT2D eigenvalue weighted by molar-refractivity contribution is 5.85. The van der Waals surface area contributed by atoms with Crippen LogP contribution < -0.4 is 4.74 Å². The average Bonchev–Trinajstić information content (AvgIpc) is 3.01. The van der Waals surface area contributed by atoms with Gasteiger partial charge in [-0.15, -0.1) is 12.4 Å². The van der Waals surface area contributed by atoms with Crippen molar-refractivity contribution < 1.29 is 17.9 Å². The first-order valence-electron chi connectivity index (χ1n) is 7.69. The number of fused-ring (bicyclic) bond motifs is 2. The molecule has 8 heteroatoms. The normalized spacial score (nSPS) is 26.4. The van der Waals surface area contributed by atoms with E-state index in [1.807, 2.05) is 0 Å². The molecule has 2 fully saturated rings. The van der Waals surface area contributed by atoms with Crippen LogP contribution in [0.15, 0.2) is 18.3 Å². The second-order valence-corrected chi connectivity index (χ2v) is 6.34. The summed E-state index contributed by atoms with van der Waals surface area (Å²) in [5.41, 5.74) is -0.286. The monoisotopic (exact) mass is 359 g/mol. The van der Waals surface area contributed by atoms with Crippen molar-refractivity contribution >= 4 is 23.3 Å². The third-order valence-electron chi connectivity index (χ3n) is 4.81. The van der Waals surface area contributed by atoms with Crippen molar-refractivity contribution in [3.63, 3.8) is 0 Å². The molecule has 0 N–H and O–H groups in total. The Bertz CT molecular complexity index is 763. The Kier molecular flexibility index (Phi) is 4.57. The van der Waals surface area contributed by atoms with E-state index >= 15 is 0 Å². The molecule has 2 aromatic rings. The molecule has 130 valence electrons. The van der Waals surface area contributed by atoms with Crippen LogP contribution in [0.2, 0.25) is 0 Å². The van der Waals surface area contributed by atoms with Gasteiger partial charge >= 0.3 is 6.01 Å². The predicted octanol–water partition coefficient (Wildman–Crippen LogP) is 3.29. The molecule has 2 saturated heterocycles. The first-order chi connectivity index (χ1) is 11.1. The smallest absolute Gasteiger partial charge is 0.317 e. The van der Waals surface area contributed by atoms with Crippen LogP contribution >= 0.6 is 12.4 Å². The van der Waals surface area contributed by atoms with Gasteiger partial charge in [-0.25, -0.2) is 18.2 Å². The topological polar surface area (TPSA) is 38.2 Å². The lowest BCUT2D eigenvalue weighted by Crippen LogP contribution is -2.43. The summed E-state index contributed by atoms with van der Waals surface area (Å²) in [6, 6.07) is 1.98. The molecule has 0 saturated carbocycles. The quantitative estimate of drug-likeness (QED) is 0.843. The van der Waals surface area contributed by atoms with Crippen LogP contribution in [0.25, 0.3) is 10.9 Å². The average molecular weight is 360 g/mol. The lowest BCUT2D eigenvalue weighted by Gasteiger charge is -2.30. The van der Waals surface area contributed by atoms with E-state index in [1.165, 1.54) is 12.3 Å². The molecular weight excluding hydrogens is 343 g/mol. The molecule has 4 nitrogen and oxygen atoms in total. The van der Waals surface area contributed by atoms with E-state index in [2.05, 4.69) is 14.9 Å². The van der Waals surface area contributed by atoms with Crippen LogP contribution in [-0.2, 0) is 0 Å². The fraction of sp³-hybridized carbons (Fsp3) is 0.500. The minimum atomic E-state index is -0.836. The van der Waals surface area contributed by atoms with Crippen LogP contribution in [0, 0.1) is 11.6 Å². The number of alkyl halides is 1. The van der Waals surface area contributed by atoms with Gasteiger partial charge in [-0.1, -0.05) is 0 Å². The number of hydrogen-bond acceptors (Lipinski definition) is 4. The van der Waals surface area contributed by atoms with Gasteiger partial charge in [-0.3, -0.25) is 4.90 Å². The van der Waals surface area contributed by atoms with Crippen LogP contribution in [0.4, 0.5) is 13.2 Å². The highest BCUT2D eigenvalue weighted by atomic mass is 35.5. The van der Waals surface area contributed by atoms with Gasteiger partial charge in [0.15, 0.2) is 5.82 Å². The Balaban J connectivity index is 0.00000169. The van der Waals surface area contributed by atoms with Gasteiger partial charge in [-0.2, -0.15) is 4.98 Å². The van der Waals surface area contributed by atoms with Gasteiger partial charge in [0.2, 0.25) is 0 Å². The molecule has 0 bridgehead atoms. The van der Waals surface area contributed by atoms with Gasteiger partial charge in [-0.05, 0) is 25.5 Å². The lowest BCUT2D eigenvalue weighted by molar-refractivity contribution is 0.107. The Labute approximate surface area is 143 Å². The standard InChI is InChI=1S/C16H16F3N3O.ClH/c17-11-4-10-7-20-15(21-14(10)13(19)5-11)23-9-16-2-1-3-22(16)8-12(18)6-16;/h4-5,7,12H,1-3,6,8-9H2;1H/t12-,16+;/m1./s1. The number of aromatic nitrogens is 2. The number of hydrogen-bond donors (Lipinski definition) is 0. The molecule has 3 heterocycles. The summed E-state index contributed by atoms with van der Waals surface area (Å²) < 4.78 is 46.3. The maximum absolute atomic E-state index is 13.8. The van der Waals surface area contributed by atoms with Gasteiger partial charge in [0, 0.05) is 30.6 Å². The predicted molar refractivity (Wildman–Crippen MR) is 85.2 cm³/mol. The summed E-state index contributed by atoms with van der Waals surface area (Å²) in [7, 11) is 0. The van der Waals surface area contributed by atoms with Crippen molar-refractivity contribution in [3.05, 3.63) is 30.0 Å². The van der Waals surface area contributed by atoms with E-state index in [0.717, 1.165) is 25.5 Å². The third kappa shape index (κ3) is 2.91. The maximum atomic E-state index is 13.8. The number of ether oxygens (including phenoxy) is 1. The van der Waals surface area contributed by atoms with E-state index in [1.54, 1.807) is 0 Å². The van der Waals surface area contributed by atoms with E-state index in [0.29, 0.717) is 13.0 Å². The van der Waals surface area contributed by atoms with Gasteiger partial charge < -0.3 is 4.74 Å². The second kappa shape index (κ2) is 6.37. The van der Waals surface area contributed by atoms with Gasteiger partial charge in [0.1, 0.15) is 24.1 Å². The molecule has 2 aliphatic rings. The number of benzene rings is 1. The third-order valence-corrected chi connectivity index (χ3v) is 4.81. The van der Waals surface area contributed by atoms with E-state index in [4.69, 9.17) is 4.74 Å². The lowest BCUT2D eigenvalue weighted by atomic mass is 9.95. The van der Waals surface area contributed by atoms with Crippen LogP contribution in [0.5, 0.6) is 6.01 Å². The summed E-state index contributed by atoms with van der Waals surface area (Å²) >= 11 is 0. The molecule has 0 unspecified atom stereocenters. The maximum Gasteiger partial charge on any atom is 0.317 e. The minimum Gasteiger partial charge on any atom is -0.461 e. The number of halogens is 4. The van der Waals surface area contributed by atoms with E-state index in [9.17, 15) is 13.2 Å². The Morgan fingerprint density at radius 3 is 3.00 bits per heavy atom. The molecule has 2 atom stereocenters. The molecule has 0 radical (unpaired) electrons. The van der Waals surface area contributed by atoms with E-state index in [-0.39, 0.29) is 41.5 Å². The zero-order valence-corrected chi connectivity index (χ0v) is 13.7. The Hall–Kier alpha value is -1.60. The molecule has 24 heavy (non-hydrogen) atoms. The van der Waals surface area contributed by atoms with Gasteiger partial charge in [0.25, 0.3) is 0 Å². The van der Waals surface area contributed by atoms with Crippen LogP contribution in [-0.4, -0.2) is 46.3 Å². The van der Waals surface area contributed by atoms with Crippen LogP contribution in [0.1, 0.15) is 19.3 Å². The Morgan fingerprint density at radius 2 is 2.17 bits per heavy atom. The summed E-state index contributed by atoms with van der Waals surface area (Å²) in [5.74, 6) is -1.43. The summed E-state index contributed by atoms with van der Waals surface area (Å²) in [6.07, 6.45) is 2.83. The SMILES string of the molecule is Cl.Fc1cc(F)c2nc(OC[C@@]34CCCN3C[C@H](F)C4)ncc2c1. The fourth-order valence-electron chi connectivity index (χ4n) is 3.77. The first kappa shape index (κ1) is 17.2. The zero-order chi connectivity index (χ0) is 16.0. The molecule has 2 aliphatic heterocycles. The Morgan fingerprint density at radius 1 is 1.33 bits per heavy atom. The van der Waals surface area contributed by atoms with Crippen molar-refractivity contribution in [1.29, 1.82) is 0 Å². The van der Waals surface area contributed by atoms with E-state index < -0.39 is 17.8 Å². The largest absolute Gasteiger partial charge is 0.461 e. The fourth-order valence-corrected chi connectivity index (χ4v) is 3.77. The van der Waals surface area contributed by atoms with Gasteiger partial charge in [0.05, 0.1) is 5.54 Å².